The lowest BCUT2D eigenvalue weighted by molar-refractivity contribution is -0.150. The normalized spacial score (nSPS) is 12.4. The Bertz CT molecular complexity index is 981. The summed E-state index contributed by atoms with van der Waals surface area (Å²) in [7, 11) is 3.85. The Kier molecular flexibility index (Phi) is 43.4. The summed E-state index contributed by atoms with van der Waals surface area (Å²) in [5.41, 5.74) is 0. The molecule has 1 atom stereocenters. The van der Waals surface area contributed by atoms with E-state index in [4.69, 9.17) is 14.6 Å². The molecule has 10 heteroatoms. The van der Waals surface area contributed by atoms with Crippen molar-refractivity contribution < 1.29 is 23.3 Å². The summed E-state index contributed by atoms with van der Waals surface area (Å²) < 4.78 is 27.1. The van der Waals surface area contributed by atoms with Crippen LogP contribution in [0, 0.1) is 0 Å². The van der Waals surface area contributed by atoms with Crippen LogP contribution in [0.4, 0.5) is 0 Å². The quantitative estimate of drug-likeness (QED) is 0.0281. The maximum Gasteiger partial charge on any atom is 0.306 e. The van der Waals surface area contributed by atoms with Gasteiger partial charge < -0.3 is 19.3 Å². The second-order valence-electron chi connectivity index (χ2n) is 17.6. The number of hydrogen-bond acceptors (Lipinski definition) is 6. The Morgan fingerprint density at radius 3 is 1.34 bits per heavy atom. The highest BCUT2D eigenvalue weighted by Gasteiger charge is 2.15. The van der Waals surface area contributed by atoms with Gasteiger partial charge in [0.25, 0.3) is 0 Å². The fraction of sp³-hybridized carbons (Fsp3) is 0.939. The van der Waals surface area contributed by atoms with E-state index in [0.717, 1.165) is 109 Å². The number of nitrogens with two attached hydrogens (primary N) is 1. The van der Waals surface area contributed by atoms with Gasteiger partial charge >= 0.3 is 11.9 Å². The molecule has 0 spiro atoms. The number of hydrogen-bond donors (Lipinski definition) is 1. The number of carbonyl (C=O) groups excluding carboxylic acids is 2. The van der Waals surface area contributed by atoms with Crippen LogP contribution in [0.1, 0.15) is 252 Å². The predicted molar refractivity (Wildman–Crippen MR) is 254 cm³/mol. The molecular weight excluding hydrogens is 757 g/mol. The summed E-state index contributed by atoms with van der Waals surface area (Å²) in [6.45, 7) is 10.6. The van der Waals surface area contributed by atoms with Gasteiger partial charge in [0.05, 0.1) is 6.61 Å². The van der Waals surface area contributed by atoms with Crippen LogP contribution >= 0.6 is 0 Å². The van der Waals surface area contributed by atoms with Crippen molar-refractivity contribution in [3.63, 3.8) is 0 Å². The highest BCUT2D eigenvalue weighted by atomic mass is 32.2. The summed E-state index contributed by atoms with van der Waals surface area (Å²) in [6, 6.07) is 0. The monoisotopic (exact) mass is 855 g/mol. The molecule has 0 rings (SSSR count). The number of nitrogens with zero attached hydrogens (tertiary/aromatic N) is 3. The van der Waals surface area contributed by atoms with Crippen molar-refractivity contribution in [2.24, 2.45) is 9.54 Å². The van der Waals surface area contributed by atoms with Crippen molar-refractivity contribution in [3.8, 4) is 0 Å². The zero-order valence-electron chi connectivity index (χ0n) is 39.7. The molecule has 0 aliphatic carbocycles. The van der Waals surface area contributed by atoms with Crippen molar-refractivity contribution >= 4 is 28.9 Å². The van der Waals surface area contributed by atoms with Gasteiger partial charge in [0, 0.05) is 33.4 Å². The number of amidine groups is 1. The highest BCUT2D eigenvalue weighted by Crippen LogP contribution is 2.19. The third-order valence-corrected chi connectivity index (χ3v) is 12.0. The Labute approximate surface area is 368 Å². The van der Waals surface area contributed by atoms with Crippen molar-refractivity contribution in [1.29, 1.82) is 0 Å². The smallest absolute Gasteiger partial charge is 0.306 e. The van der Waals surface area contributed by atoms with E-state index in [1.54, 1.807) is 0 Å². The van der Waals surface area contributed by atoms with Gasteiger partial charge in [-0.3, -0.25) is 9.59 Å². The van der Waals surface area contributed by atoms with Crippen LogP contribution in [0.2, 0.25) is 0 Å². The molecule has 0 radical (unpaired) electrons. The van der Waals surface area contributed by atoms with Crippen molar-refractivity contribution in [2.75, 3.05) is 40.3 Å². The summed E-state index contributed by atoms with van der Waals surface area (Å²) in [5.74, 6) is 0.764. The standard InChI is InChI=1S/C49H98N4O5S/c1-6-9-12-15-18-27-36-45-57-48(54)40-30-23-19-25-33-42-53(44-35-32-39-47(52(4)5)51-59(50)56)43-34-26-20-24-31-41-49(55)58-46(37-28-21-16-13-10-7-2)38-29-22-17-14-11-8-3/h46H,6-45,50H2,1-5H3/b51-47-. The average molecular weight is 855 g/mol. The molecule has 59 heavy (non-hydrogen) atoms. The lowest BCUT2D eigenvalue weighted by Gasteiger charge is -2.23. The Balaban J connectivity index is 4.55. The summed E-state index contributed by atoms with van der Waals surface area (Å²) in [4.78, 5) is 29.5. The fourth-order valence-electron chi connectivity index (χ4n) is 7.81. The molecule has 350 valence electrons. The number of rotatable bonds is 45. The van der Waals surface area contributed by atoms with Gasteiger partial charge in [-0.05, 0) is 90.3 Å². The molecule has 0 heterocycles. The number of carbonyl (C=O) groups is 2. The summed E-state index contributed by atoms with van der Waals surface area (Å²) >= 11 is -1.68. The van der Waals surface area contributed by atoms with Crippen LogP contribution in [0.15, 0.2) is 4.40 Å². The van der Waals surface area contributed by atoms with Crippen molar-refractivity contribution in [2.45, 2.75) is 258 Å². The first-order chi connectivity index (χ1) is 28.7. The molecule has 1 unspecified atom stereocenters. The van der Waals surface area contributed by atoms with Gasteiger partial charge in [-0.25, -0.2) is 9.35 Å². The van der Waals surface area contributed by atoms with E-state index < -0.39 is 11.2 Å². The van der Waals surface area contributed by atoms with Crippen LogP contribution in [0.3, 0.4) is 0 Å². The lowest BCUT2D eigenvalue weighted by atomic mass is 10.0. The molecule has 0 aliphatic heterocycles. The average Bonchev–Trinajstić information content (AvgIpc) is 3.21. The predicted octanol–water partition coefficient (Wildman–Crippen LogP) is 13.3. The Morgan fingerprint density at radius 1 is 0.508 bits per heavy atom. The van der Waals surface area contributed by atoms with Gasteiger partial charge in [-0.2, -0.15) is 4.40 Å². The van der Waals surface area contributed by atoms with E-state index in [1.165, 1.54) is 135 Å². The molecule has 0 saturated carbocycles. The molecule has 2 N–H and O–H groups in total. The molecule has 0 aromatic carbocycles. The number of esters is 2. The molecular formula is C49H98N4O5S. The molecule has 0 bridgehead atoms. The molecule has 0 aromatic heterocycles. The fourth-order valence-corrected chi connectivity index (χ4v) is 8.27. The Hall–Kier alpha value is -1.52. The summed E-state index contributed by atoms with van der Waals surface area (Å²) in [5, 5.41) is 5.44. The zero-order valence-corrected chi connectivity index (χ0v) is 40.5. The van der Waals surface area contributed by atoms with Crippen LogP contribution in [-0.4, -0.2) is 78.2 Å². The molecule has 9 nitrogen and oxygen atoms in total. The van der Waals surface area contributed by atoms with Gasteiger partial charge in [-0.1, -0.05) is 162 Å². The molecule has 0 fully saturated rings. The minimum Gasteiger partial charge on any atom is -0.466 e. The first kappa shape index (κ1) is 57.5. The van der Waals surface area contributed by atoms with Crippen molar-refractivity contribution in [3.05, 3.63) is 0 Å². The van der Waals surface area contributed by atoms with E-state index in [1.807, 2.05) is 19.0 Å². The van der Waals surface area contributed by atoms with Crippen LogP contribution < -0.4 is 5.14 Å². The molecule has 0 aromatic rings. The van der Waals surface area contributed by atoms with E-state index in [0.29, 0.717) is 19.4 Å². The van der Waals surface area contributed by atoms with Gasteiger partial charge in [0.15, 0.2) is 0 Å². The van der Waals surface area contributed by atoms with Gasteiger partial charge in [-0.15, -0.1) is 0 Å². The molecule has 0 aliphatic rings. The molecule has 0 amide bonds. The minimum absolute atomic E-state index is 0.0112. The summed E-state index contributed by atoms with van der Waals surface area (Å²) in [6.07, 6.45) is 41.0. The first-order valence-corrected chi connectivity index (χ1v) is 26.4. The Morgan fingerprint density at radius 2 is 0.881 bits per heavy atom. The van der Waals surface area contributed by atoms with E-state index in [2.05, 4.69) is 30.1 Å². The van der Waals surface area contributed by atoms with Crippen LogP contribution in [-0.2, 0) is 30.2 Å². The minimum atomic E-state index is -1.68. The van der Waals surface area contributed by atoms with Crippen LogP contribution in [0.5, 0.6) is 0 Å². The zero-order chi connectivity index (χ0) is 43.4. The third-order valence-electron chi connectivity index (χ3n) is 11.6. The van der Waals surface area contributed by atoms with Gasteiger partial charge in [0.2, 0.25) is 11.2 Å². The number of ether oxygens (including phenoxy) is 2. The van der Waals surface area contributed by atoms with Gasteiger partial charge in [0.1, 0.15) is 11.9 Å². The highest BCUT2D eigenvalue weighted by molar-refractivity contribution is 7.81. The lowest BCUT2D eigenvalue weighted by Crippen LogP contribution is -2.28. The van der Waals surface area contributed by atoms with E-state index in [9.17, 15) is 13.8 Å². The third kappa shape index (κ3) is 41.6. The maximum absolute atomic E-state index is 12.9. The maximum atomic E-state index is 12.9. The number of unbranched alkanes of at least 4 members (excludes halogenated alkanes) is 25. The molecule has 0 saturated heterocycles. The van der Waals surface area contributed by atoms with Crippen LogP contribution in [0.25, 0.3) is 0 Å². The topological polar surface area (TPSA) is 115 Å². The SMILES string of the molecule is CCCCCCCCCOC(=O)CCCCCCCN(CCCCCCCC(=O)OC(CCCCCCCC)CCCCCCCC)CCCC/C(=N/S(N)=O)N(C)C. The second-order valence-corrected chi connectivity index (χ2v) is 18.3. The van der Waals surface area contributed by atoms with Crippen molar-refractivity contribution in [1.82, 2.24) is 9.80 Å². The first-order valence-electron chi connectivity index (χ1n) is 25.2. The second kappa shape index (κ2) is 44.5. The largest absolute Gasteiger partial charge is 0.466 e. The van der Waals surface area contributed by atoms with E-state index >= 15 is 0 Å². The van der Waals surface area contributed by atoms with E-state index in [-0.39, 0.29) is 18.0 Å².